The summed E-state index contributed by atoms with van der Waals surface area (Å²) in [7, 11) is 0. The summed E-state index contributed by atoms with van der Waals surface area (Å²) in [4.78, 5) is 0. The molecule has 2 aromatic rings. The van der Waals surface area contributed by atoms with Crippen molar-refractivity contribution in [3.8, 4) is 0 Å². The zero-order chi connectivity index (χ0) is 16.9. The van der Waals surface area contributed by atoms with Crippen LogP contribution in [0, 0.1) is 6.92 Å². The minimum atomic E-state index is 0. The van der Waals surface area contributed by atoms with Crippen LogP contribution in [0.15, 0.2) is 66.7 Å². The second kappa shape index (κ2) is 13.3. The van der Waals surface area contributed by atoms with Gasteiger partial charge in [0.2, 0.25) is 5.84 Å². The van der Waals surface area contributed by atoms with Crippen LogP contribution in [0.5, 0.6) is 0 Å². The first-order chi connectivity index (χ1) is 11.9. The zero-order valence-corrected chi connectivity index (χ0v) is 15.5. The predicted molar refractivity (Wildman–Crippen MR) is 109 cm³/mol. The number of hydrogen-bond acceptors (Lipinski definition) is 1. The van der Waals surface area contributed by atoms with E-state index in [2.05, 4.69) is 28.9 Å². The van der Waals surface area contributed by atoms with E-state index < -0.39 is 0 Å². The summed E-state index contributed by atoms with van der Waals surface area (Å²) in [5.41, 5.74) is 1.32. The number of amidine groups is 1. The van der Waals surface area contributed by atoms with Crippen molar-refractivity contribution in [2.24, 2.45) is 0 Å². The minimum absolute atomic E-state index is 0. The van der Waals surface area contributed by atoms with Crippen LogP contribution in [-0.4, -0.2) is 38.5 Å². The molecule has 0 spiro atoms. The van der Waals surface area contributed by atoms with E-state index in [-0.39, 0.29) is 8.41 Å². The Bertz CT molecular complexity index is 537. The fourth-order valence-electron chi connectivity index (χ4n) is 2.93. The summed E-state index contributed by atoms with van der Waals surface area (Å²) in [6.45, 7) is 5.87. The summed E-state index contributed by atoms with van der Waals surface area (Å²) >= 11 is 0. The van der Waals surface area contributed by atoms with E-state index in [0.717, 1.165) is 0 Å². The van der Waals surface area contributed by atoms with Crippen molar-refractivity contribution in [1.29, 1.82) is 0 Å². The smallest absolute Gasteiger partial charge is 0.244 e. The predicted octanol–water partition coefficient (Wildman–Crippen LogP) is 4.27. The maximum absolute atomic E-state index is 3.50. The quantitative estimate of drug-likeness (QED) is 0.562. The molecule has 1 N–H and O–H groups in total. The van der Waals surface area contributed by atoms with Gasteiger partial charge in [-0.1, -0.05) is 72.3 Å². The van der Waals surface area contributed by atoms with E-state index in [4.69, 9.17) is 0 Å². The van der Waals surface area contributed by atoms with Crippen LogP contribution in [-0.2, 0) is 0 Å². The number of hydrogen-bond donors (Lipinski definition) is 1. The molecule has 2 aliphatic rings. The normalized spacial score (nSPS) is 15.6. The van der Waals surface area contributed by atoms with Crippen molar-refractivity contribution in [3.05, 3.63) is 72.3 Å². The van der Waals surface area contributed by atoms with Gasteiger partial charge in [-0.3, -0.25) is 9.89 Å². The average Bonchev–Trinajstić information content (AvgIpc) is 2.90. The van der Waals surface area contributed by atoms with E-state index in [1.165, 1.54) is 63.1 Å². The fraction of sp³-hybridized carbons (Fsp3) is 0.409. The number of nitrogens with one attached hydrogen (secondary N) is 1. The monoisotopic (exact) mass is 334 g/mol. The summed E-state index contributed by atoms with van der Waals surface area (Å²) in [5.74, 6) is 1.52. The minimum Gasteiger partial charge on any atom is -1.00 e. The molecule has 0 saturated carbocycles. The van der Waals surface area contributed by atoms with Gasteiger partial charge in [-0.05, 0) is 26.2 Å². The van der Waals surface area contributed by atoms with E-state index >= 15 is 0 Å². The molecule has 0 aromatic heterocycles. The molecule has 0 saturated heterocycles. The van der Waals surface area contributed by atoms with Gasteiger partial charge in [0.05, 0.1) is 19.6 Å². The van der Waals surface area contributed by atoms with Crippen molar-refractivity contribution in [1.82, 2.24) is 5.32 Å². The molecule has 4 radical (unpaired) electrons. The largest absolute Gasteiger partial charge is 1.00 e. The van der Waals surface area contributed by atoms with E-state index in [1.54, 1.807) is 0 Å². The molecule has 132 valence electrons. The molecule has 25 heavy (non-hydrogen) atoms. The molecule has 0 bridgehead atoms. The van der Waals surface area contributed by atoms with Gasteiger partial charge >= 0.3 is 0 Å². The van der Waals surface area contributed by atoms with Crippen molar-refractivity contribution in [2.45, 2.75) is 39.0 Å². The molecule has 2 heterocycles. The van der Waals surface area contributed by atoms with Gasteiger partial charge in [0.1, 0.15) is 0 Å². The molecule has 2 nitrogen and oxygen atoms in total. The zero-order valence-electron chi connectivity index (χ0n) is 15.5. The average molecular weight is 334 g/mol. The van der Waals surface area contributed by atoms with E-state index in [9.17, 15) is 0 Å². The van der Waals surface area contributed by atoms with Gasteiger partial charge in [-0.15, -0.1) is 0 Å². The summed E-state index contributed by atoms with van der Waals surface area (Å²) in [6, 6.07) is 22.3. The van der Waals surface area contributed by atoms with Crippen molar-refractivity contribution in [2.75, 3.05) is 19.6 Å². The molecule has 0 aliphatic carbocycles. The Kier molecular flexibility index (Phi) is 11.2. The lowest BCUT2D eigenvalue weighted by atomic mass is 10.2. The molecule has 0 unspecified atom stereocenters. The first kappa shape index (κ1) is 21.0. The SMILES string of the molecule is C1CCC2=[N+](CC1)CCCN2.Cc1ccccc1.[B-].c1ccccc1. The lowest BCUT2D eigenvalue weighted by Gasteiger charge is -2.14. The highest BCUT2D eigenvalue weighted by Crippen LogP contribution is 2.08. The van der Waals surface area contributed by atoms with Crippen LogP contribution in [0.2, 0.25) is 0 Å². The van der Waals surface area contributed by atoms with Crippen LogP contribution in [0.25, 0.3) is 0 Å². The Morgan fingerprint density at radius 3 is 1.84 bits per heavy atom. The lowest BCUT2D eigenvalue weighted by molar-refractivity contribution is -0.534. The summed E-state index contributed by atoms with van der Waals surface area (Å²) in [5, 5.41) is 3.50. The van der Waals surface area contributed by atoms with Crippen molar-refractivity contribution >= 4 is 14.2 Å². The maximum atomic E-state index is 3.50. The lowest BCUT2D eigenvalue weighted by Crippen LogP contribution is -2.40. The highest BCUT2D eigenvalue weighted by molar-refractivity contribution is 5.77. The topological polar surface area (TPSA) is 15.0 Å². The number of aryl methyl sites for hydroxylation is 1. The van der Waals surface area contributed by atoms with Crippen LogP contribution in [0.3, 0.4) is 0 Å². The maximum Gasteiger partial charge on any atom is 0.244 e. The van der Waals surface area contributed by atoms with Gasteiger partial charge in [0.15, 0.2) is 0 Å². The van der Waals surface area contributed by atoms with E-state index in [0.29, 0.717) is 0 Å². The standard InChI is InChI=1S/C9H16N2.C7H8.C6H6.B/c1-2-5-9-10-6-4-8-11(9)7-3-1;1-7-5-3-2-4-6-7;1-2-4-6-5-3-1;/h1-8H2;2-6H,1H3;1-6H;/q;;;-1/p+1. The van der Waals surface area contributed by atoms with Gasteiger partial charge in [0.25, 0.3) is 0 Å². The first-order valence-corrected chi connectivity index (χ1v) is 9.22. The molecule has 0 atom stereocenters. The number of nitrogens with zero attached hydrogens (tertiary/aromatic N) is 1. The van der Waals surface area contributed by atoms with E-state index in [1.807, 2.05) is 54.6 Å². The Morgan fingerprint density at radius 2 is 1.28 bits per heavy atom. The second-order valence-electron chi connectivity index (χ2n) is 6.33. The molecule has 0 fully saturated rings. The van der Waals surface area contributed by atoms with Gasteiger partial charge in [-0.25, -0.2) is 0 Å². The van der Waals surface area contributed by atoms with Gasteiger partial charge in [-0.2, -0.15) is 0 Å². The second-order valence-corrected chi connectivity index (χ2v) is 6.33. The summed E-state index contributed by atoms with van der Waals surface area (Å²) in [6.07, 6.45) is 6.81. The Morgan fingerprint density at radius 1 is 0.720 bits per heavy atom. The van der Waals surface area contributed by atoms with Crippen molar-refractivity contribution < 1.29 is 4.58 Å². The van der Waals surface area contributed by atoms with Crippen molar-refractivity contribution in [3.63, 3.8) is 0 Å². The van der Waals surface area contributed by atoms with Crippen LogP contribution in [0.1, 0.15) is 37.7 Å². The van der Waals surface area contributed by atoms with Gasteiger partial charge in [0, 0.05) is 12.8 Å². The molecule has 0 amide bonds. The third kappa shape index (κ3) is 9.14. The highest BCUT2D eigenvalue weighted by Gasteiger charge is 2.19. The molecule has 2 aromatic carbocycles. The highest BCUT2D eigenvalue weighted by atomic mass is 15.1. The van der Waals surface area contributed by atoms with Crippen LogP contribution < -0.4 is 5.32 Å². The Hall–Kier alpha value is -2.03. The van der Waals surface area contributed by atoms with Gasteiger partial charge < -0.3 is 8.41 Å². The molecular formula is C22H31BN2. The molecular weight excluding hydrogens is 303 g/mol. The third-order valence-electron chi connectivity index (χ3n) is 4.26. The fourth-order valence-corrected chi connectivity index (χ4v) is 2.93. The number of benzene rings is 2. The summed E-state index contributed by atoms with van der Waals surface area (Å²) < 4.78 is 2.54. The van der Waals surface area contributed by atoms with Crippen LogP contribution in [0.4, 0.5) is 0 Å². The number of rotatable bonds is 0. The molecule has 4 rings (SSSR count). The van der Waals surface area contributed by atoms with Crippen LogP contribution >= 0.6 is 0 Å². The third-order valence-corrected chi connectivity index (χ3v) is 4.26. The molecule has 3 heteroatoms. The Balaban J connectivity index is 0.000000195. The Labute approximate surface area is 155 Å². The molecule has 2 aliphatic heterocycles. The first-order valence-electron chi connectivity index (χ1n) is 9.22.